The lowest BCUT2D eigenvalue weighted by atomic mass is 10.1. The van der Waals surface area contributed by atoms with Gasteiger partial charge in [0.2, 0.25) is 0 Å². The molecule has 0 spiro atoms. The van der Waals surface area contributed by atoms with Gasteiger partial charge >= 0.3 is 0 Å². The lowest BCUT2D eigenvalue weighted by Gasteiger charge is -2.22. The van der Waals surface area contributed by atoms with Crippen molar-refractivity contribution in [2.24, 2.45) is 0 Å². The van der Waals surface area contributed by atoms with Crippen LogP contribution in [0.1, 0.15) is 37.2 Å². The first-order valence-electron chi connectivity index (χ1n) is 6.36. The Balaban J connectivity index is 1.52. The van der Waals surface area contributed by atoms with Crippen molar-refractivity contribution in [2.45, 2.75) is 43.0 Å². The first-order valence-corrected chi connectivity index (χ1v) is 7.41. The average Bonchev–Trinajstić information content (AvgIpc) is 3.11. The monoisotopic (exact) mass is 233 g/mol. The van der Waals surface area contributed by atoms with E-state index in [2.05, 4.69) is 47.4 Å². The Morgan fingerprint density at radius 1 is 1.12 bits per heavy atom. The molecule has 0 bridgehead atoms. The van der Waals surface area contributed by atoms with E-state index in [4.69, 9.17) is 0 Å². The highest BCUT2D eigenvalue weighted by Gasteiger charge is 2.39. The zero-order valence-electron chi connectivity index (χ0n) is 9.56. The molecule has 0 aromatic heterocycles. The van der Waals surface area contributed by atoms with Gasteiger partial charge in [0.05, 0.1) is 5.37 Å². The normalized spacial score (nSPS) is 33.6. The number of hydrogen-bond donors (Lipinski definition) is 1. The van der Waals surface area contributed by atoms with E-state index < -0.39 is 0 Å². The Kier molecular flexibility index (Phi) is 3.20. The predicted molar refractivity (Wildman–Crippen MR) is 70.8 cm³/mol. The Hall–Kier alpha value is -0.470. The Morgan fingerprint density at radius 2 is 2.00 bits per heavy atom. The van der Waals surface area contributed by atoms with Crippen LogP contribution in [-0.4, -0.2) is 17.2 Å². The van der Waals surface area contributed by atoms with Crippen LogP contribution in [0.15, 0.2) is 30.3 Å². The van der Waals surface area contributed by atoms with Crippen molar-refractivity contribution in [1.82, 2.24) is 5.32 Å². The third-order valence-electron chi connectivity index (χ3n) is 3.60. The van der Waals surface area contributed by atoms with Crippen molar-refractivity contribution in [2.75, 3.05) is 5.75 Å². The van der Waals surface area contributed by atoms with E-state index in [0.29, 0.717) is 0 Å². The second-order valence-corrected chi connectivity index (χ2v) is 6.19. The van der Waals surface area contributed by atoms with Crippen LogP contribution in [0.25, 0.3) is 0 Å². The molecule has 2 heteroatoms. The van der Waals surface area contributed by atoms with Gasteiger partial charge in [-0.05, 0) is 30.6 Å². The molecule has 1 saturated carbocycles. The molecule has 3 unspecified atom stereocenters. The minimum absolute atomic E-state index is 0.729. The summed E-state index contributed by atoms with van der Waals surface area (Å²) in [6.45, 7) is 0. The molecule has 1 N–H and O–H groups in total. The van der Waals surface area contributed by atoms with E-state index in [1.807, 2.05) is 0 Å². The van der Waals surface area contributed by atoms with Gasteiger partial charge in [-0.3, -0.25) is 0 Å². The summed E-state index contributed by atoms with van der Waals surface area (Å²) < 4.78 is 0. The lowest BCUT2D eigenvalue weighted by molar-refractivity contribution is 0.558. The average molecular weight is 233 g/mol. The fourth-order valence-electron chi connectivity index (χ4n) is 2.56. The fraction of sp³-hybridized carbons (Fsp3) is 0.571. The van der Waals surface area contributed by atoms with Crippen LogP contribution < -0.4 is 5.32 Å². The van der Waals surface area contributed by atoms with Gasteiger partial charge in [-0.2, -0.15) is 0 Å². The molecule has 1 aromatic carbocycles. The molecule has 2 fully saturated rings. The summed E-state index contributed by atoms with van der Waals surface area (Å²) in [6, 6.07) is 11.7. The summed E-state index contributed by atoms with van der Waals surface area (Å²) in [4.78, 5) is 0. The SMILES string of the molecule is c1ccc(C2CC2NC2CCCCS2)cc1. The summed E-state index contributed by atoms with van der Waals surface area (Å²) in [6.07, 6.45) is 5.52. The maximum Gasteiger partial charge on any atom is 0.0534 e. The second kappa shape index (κ2) is 4.80. The van der Waals surface area contributed by atoms with Crippen LogP contribution in [-0.2, 0) is 0 Å². The van der Waals surface area contributed by atoms with E-state index in [0.717, 1.165) is 17.3 Å². The van der Waals surface area contributed by atoms with Gasteiger partial charge in [0, 0.05) is 12.0 Å². The number of nitrogens with one attached hydrogen (secondary N) is 1. The first-order chi connectivity index (χ1) is 7.93. The molecule has 0 radical (unpaired) electrons. The third-order valence-corrected chi connectivity index (χ3v) is 4.90. The highest BCUT2D eigenvalue weighted by molar-refractivity contribution is 7.99. The van der Waals surface area contributed by atoms with Crippen molar-refractivity contribution in [3.63, 3.8) is 0 Å². The topological polar surface area (TPSA) is 12.0 Å². The van der Waals surface area contributed by atoms with Crippen molar-refractivity contribution in [3.05, 3.63) is 35.9 Å². The molecule has 1 nitrogen and oxygen atoms in total. The van der Waals surface area contributed by atoms with Gasteiger partial charge in [-0.15, -0.1) is 11.8 Å². The number of benzene rings is 1. The Labute approximate surface area is 102 Å². The van der Waals surface area contributed by atoms with Crippen molar-refractivity contribution in [3.8, 4) is 0 Å². The van der Waals surface area contributed by atoms with E-state index >= 15 is 0 Å². The Morgan fingerprint density at radius 3 is 2.75 bits per heavy atom. The zero-order chi connectivity index (χ0) is 10.8. The van der Waals surface area contributed by atoms with Crippen molar-refractivity contribution in [1.29, 1.82) is 0 Å². The third kappa shape index (κ3) is 2.44. The standard InChI is InChI=1S/C14H19NS/c1-2-6-11(7-3-1)12-10-13(12)15-14-8-4-5-9-16-14/h1-3,6-7,12-15H,4-5,8-10H2. The summed E-state index contributed by atoms with van der Waals surface area (Å²) in [5.74, 6) is 2.13. The van der Waals surface area contributed by atoms with Crippen LogP contribution in [0.5, 0.6) is 0 Å². The van der Waals surface area contributed by atoms with Crippen LogP contribution in [0.3, 0.4) is 0 Å². The summed E-state index contributed by atoms with van der Waals surface area (Å²) in [5.41, 5.74) is 1.51. The quantitative estimate of drug-likeness (QED) is 0.859. The van der Waals surface area contributed by atoms with Crippen molar-refractivity contribution >= 4 is 11.8 Å². The molecule has 86 valence electrons. The van der Waals surface area contributed by atoms with E-state index in [9.17, 15) is 0 Å². The van der Waals surface area contributed by atoms with Crippen LogP contribution in [0.4, 0.5) is 0 Å². The second-order valence-electron chi connectivity index (χ2n) is 4.88. The lowest BCUT2D eigenvalue weighted by Crippen LogP contribution is -2.31. The van der Waals surface area contributed by atoms with Crippen molar-refractivity contribution < 1.29 is 0 Å². The van der Waals surface area contributed by atoms with Crippen LogP contribution in [0, 0.1) is 0 Å². The number of thioether (sulfide) groups is 1. The van der Waals surface area contributed by atoms with Gasteiger partial charge in [0.25, 0.3) is 0 Å². The predicted octanol–water partition coefficient (Wildman–Crippen LogP) is 3.38. The fourth-order valence-corrected chi connectivity index (χ4v) is 3.82. The molecule has 1 saturated heterocycles. The van der Waals surface area contributed by atoms with Gasteiger partial charge in [-0.25, -0.2) is 0 Å². The van der Waals surface area contributed by atoms with Gasteiger partial charge in [0.15, 0.2) is 0 Å². The molecule has 1 heterocycles. The maximum atomic E-state index is 3.80. The summed E-state index contributed by atoms with van der Waals surface area (Å²) in [7, 11) is 0. The molecular weight excluding hydrogens is 214 g/mol. The van der Waals surface area contributed by atoms with E-state index in [-0.39, 0.29) is 0 Å². The van der Waals surface area contributed by atoms with E-state index in [1.165, 1.54) is 37.0 Å². The van der Waals surface area contributed by atoms with Gasteiger partial charge in [-0.1, -0.05) is 36.8 Å². The summed E-state index contributed by atoms with van der Waals surface area (Å²) >= 11 is 2.12. The molecular formula is C14H19NS. The molecule has 2 aliphatic rings. The van der Waals surface area contributed by atoms with Crippen LogP contribution >= 0.6 is 11.8 Å². The number of hydrogen-bond acceptors (Lipinski definition) is 2. The molecule has 1 aromatic rings. The highest BCUT2D eigenvalue weighted by Crippen LogP contribution is 2.42. The minimum Gasteiger partial charge on any atom is -0.302 e. The Bertz CT molecular complexity index is 332. The van der Waals surface area contributed by atoms with E-state index in [1.54, 1.807) is 0 Å². The maximum absolute atomic E-state index is 3.80. The molecule has 1 aliphatic heterocycles. The first kappa shape index (κ1) is 10.7. The van der Waals surface area contributed by atoms with Gasteiger partial charge in [0.1, 0.15) is 0 Å². The molecule has 16 heavy (non-hydrogen) atoms. The molecule has 0 amide bonds. The smallest absolute Gasteiger partial charge is 0.0534 e. The largest absolute Gasteiger partial charge is 0.302 e. The molecule has 3 atom stereocenters. The molecule has 3 rings (SSSR count). The molecule has 1 aliphatic carbocycles. The van der Waals surface area contributed by atoms with Gasteiger partial charge < -0.3 is 5.32 Å². The van der Waals surface area contributed by atoms with Crippen LogP contribution in [0.2, 0.25) is 0 Å². The zero-order valence-corrected chi connectivity index (χ0v) is 10.4. The highest BCUT2D eigenvalue weighted by atomic mass is 32.2. The summed E-state index contributed by atoms with van der Waals surface area (Å²) in [5, 5.41) is 4.53. The number of rotatable bonds is 3. The minimum atomic E-state index is 0.729.